The van der Waals surface area contributed by atoms with Crippen molar-refractivity contribution in [2.45, 2.75) is 44.7 Å². The van der Waals surface area contributed by atoms with Gasteiger partial charge in [-0.25, -0.2) is 4.98 Å². The van der Waals surface area contributed by atoms with Gasteiger partial charge in [-0.05, 0) is 37.8 Å². The van der Waals surface area contributed by atoms with Crippen molar-refractivity contribution in [1.82, 2.24) is 14.5 Å². The molecule has 0 N–H and O–H groups in total. The van der Waals surface area contributed by atoms with Crippen LogP contribution < -0.4 is 5.56 Å². The highest BCUT2D eigenvalue weighted by atomic mass is 16.5. The molecule has 0 bridgehead atoms. The van der Waals surface area contributed by atoms with Crippen molar-refractivity contribution < 1.29 is 9.53 Å². The number of hydrogen-bond acceptors (Lipinski definition) is 4. The van der Waals surface area contributed by atoms with Crippen molar-refractivity contribution in [2.24, 2.45) is 5.92 Å². The minimum absolute atomic E-state index is 0.0504. The second-order valence-electron chi connectivity index (χ2n) is 7.25. The number of fused-ring (bicyclic) bond motifs is 1. The van der Waals surface area contributed by atoms with Gasteiger partial charge in [-0.3, -0.25) is 14.2 Å². The van der Waals surface area contributed by atoms with Crippen LogP contribution in [0.2, 0.25) is 0 Å². The summed E-state index contributed by atoms with van der Waals surface area (Å²) in [5, 5.41) is 0.613. The summed E-state index contributed by atoms with van der Waals surface area (Å²) in [6.45, 7) is 1.65. The van der Waals surface area contributed by atoms with E-state index in [9.17, 15) is 9.59 Å². The maximum atomic E-state index is 13.1. The van der Waals surface area contributed by atoms with Crippen LogP contribution in [0.3, 0.4) is 0 Å². The van der Waals surface area contributed by atoms with E-state index in [1.165, 1.54) is 0 Å². The summed E-state index contributed by atoms with van der Waals surface area (Å²) in [6, 6.07) is 7.31. The number of ether oxygens (including phenoxy) is 1. The summed E-state index contributed by atoms with van der Waals surface area (Å²) in [7, 11) is 1.63. The highest BCUT2D eigenvalue weighted by molar-refractivity contribution is 5.81. The van der Waals surface area contributed by atoms with Crippen molar-refractivity contribution in [3.05, 3.63) is 40.4 Å². The zero-order valence-electron chi connectivity index (χ0n) is 15.2. The quantitative estimate of drug-likeness (QED) is 0.827. The van der Waals surface area contributed by atoms with Crippen molar-refractivity contribution in [3.63, 3.8) is 0 Å². The summed E-state index contributed by atoms with van der Waals surface area (Å²) >= 11 is 0. The molecule has 2 heterocycles. The Bertz CT molecular complexity index is 872. The minimum atomic E-state index is -0.114. The van der Waals surface area contributed by atoms with Crippen molar-refractivity contribution in [2.75, 3.05) is 20.3 Å². The Morgan fingerprint density at radius 2 is 2.04 bits per heavy atom. The zero-order valence-corrected chi connectivity index (χ0v) is 15.2. The third-order valence-corrected chi connectivity index (χ3v) is 5.70. The summed E-state index contributed by atoms with van der Waals surface area (Å²) < 4.78 is 6.91. The molecular weight excluding hydrogens is 330 g/mol. The van der Waals surface area contributed by atoms with Crippen LogP contribution in [0.1, 0.15) is 44.0 Å². The summed E-state index contributed by atoms with van der Waals surface area (Å²) in [6.07, 6.45) is 4.93. The number of benzene rings is 1. The minimum Gasteiger partial charge on any atom is -0.383 e. The highest BCUT2D eigenvalue weighted by Crippen LogP contribution is 2.36. The van der Waals surface area contributed by atoms with E-state index < -0.39 is 0 Å². The molecule has 2 fully saturated rings. The van der Waals surface area contributed by atoms with Crippen molar-refractivity contribution in [3.8, 4) is 0 Å². The summed E-state index contributed by atoms with van der Waals surface area (Å²) in [4.78, 5) is 32.7. The number of nitrogens with zero attached hydrogens (tertiary/aromatic N) is 3. The lowest BCUT2D eigenvalue weighted by Gasteiger charge is -2.33. The topological polar surface area (TPSA) is 64.4 Å². The molecule has 138 valence electrons. The van der Waals surface area contributed by atoms with E-state index in [1.807, 2.05) is 29.2 Å². The zero-order chi connectivity index (χ0) is 18.1. The van der Waals surface area contributed by atoms with Gasteiger partial charge >= 0.3 is 0 Å². The predicted octanol–water partition coefficient (Wildman–Crippen LogP) is 2.51. The van der Waals surface area contributed by atoms with Gasteiger partial charge in [0.1, 0.15) is 5.82 Å². The van der Waals surface area contributed by atoms with Crippen LogP contribution in [0.25, 0.3) is 10.9 Å². The van der Waals surface area contributed by atoms with E-state index >= 15 is 0 Å². The second kappa shape index (κ2) is 7.19. The first kappa shape index (κ1) is 17.2. The maximum absolute atomic E-state index is 13.1. The van der Waals surface area contributed by atoms with E-state index in [4.69, 9.17) is 9.72 Å². The third-order valence-electron chi connectivity index (χ3n) is 5.70. The largest absolute Gasteiger partial charge is 0.383 e. The Morgan fingerprint density at radius 3 is 2.77 bits per heavy atom. The lowest BCUT2D eigenvalue weighted by atomic mass is 9.84. The van der Waals surface area contributed by atoms with E-state index in [0.717, 1.165) is 38.6 Å². The number of methoxy groups -OCH3 is 1. The smallest absolute Gasteiger partial charge is 0.261 e. The Balaban J connectivity index is 1.78. The van der Waals surface area contributed by atoms with Gasteiger partial charge in [-0.1, -0.05) is 18.6 Å². The Kier molecular flexibility index (Phi) is 4.76. The van der Waals surface area contributed by atoms with Gasteiger partial charge in [0.2, 0.25) is 5.91 Å². The fourth-order valence-corrected chi connectivity index (χ4v) is 4.03. The molecule has 1 aliphatic carbocycles. The molecule has 1 saturated carbocycles. The molecular formula is C20H25N3O3. The highest BCUT2D eigenvalue weighted by Gasteiger charge is 2.38. The first-order valence-corrected chi connectivity index (χ1v) is 9.49. The fraction of sp³-hybridized carbons (Fsp3) is 0.550. The van der Waals surface area contributed by atoms with Gasteiger partial charge < -0.3 is 9.64 Å². The molecule has 26 heavy (non-hydrogen) atoms. The molecule has 6 heteroatoms. The molecule has 1 unspecified atom stereocenters. The molecule has 1 aromatic carbocycles. The summed E-state index contributed by atoms with van der Waals surface area (Å²) in [5.74, 6) is 1.10. The number of hydrogen-bond donors (Lipinski definition) is 0. The molecule has 1 amide bonds. The molecule has 1 aromatic heterocycles. The standard InChI is InChI=1S/C20H25N3O3/c1-26-13-12-23-18(21-16-9-3-2-8-15(16)20(23)25)17-10-5-11-22(17)19(24)14-6-4-7-14/h2-3,8-9,14,17H,4-7,10-13H2,1H3. The van der Waals surface area contributed by atoms with E-state index in [1.54, 1.807) is 11.7 Å². The van der Waals surface area contributed by atoms with Crippen LogP contribution in [0.5, 0.6) is 0 Å². The molecule has 2 aromatic rings. The van der Waals surface area contributed by atoms with Crippen LogP contribution in [-0.4, -0.2) is 40.6 Å². The number of likely N-dealkylation sites (tertiary alicyclic amines) is 1. The molecule has 0 radical (unpaired) electrons. The molecule has 1 atom stereocenters. The number of aromatic nitrogens is 2. The van der Waals surface area contributed by atoms with Crippen LogP contribution in [0.4, 0.5) is 0 Å². The monoisotopic (exact) mass is 355 g/mol. The Labute approximate surface area is 152 Å². The van der Waals surface area contributed by atoms with Crippen LogP contribution in [-0.2, 0) is 16.1 Å². The van der Waals surface area contributed by atoms with E-state index in [0.29, 0.717) is 29.9 Å². The average Bonchev–Trinajstić information content (AvgIpc) is 3.09. The molecule has 1 saturated heterocycles. The maximum Gasteiger partial charge on any atom is 0.261 e. The van der Waals surface area contributed by atoms with Gasteiger partial charge in [0.05, 0.1) is 30.1 Å². The number of amides is 1. The normalized spacial score (nSPS) is 20.5. The number of rotatable bonds is 5. The molecule has 1 aliphatic heterocycles. The van der Waals surface area contributed by atoms with Gasteiger partial charge in [0.25, 0.3) is 5.56 Å². The van der Waals surface area contributed by atoms with Crippen LogP contribution >= 0.6 is 0 Å². The number of carbonyl (C=O) groups excluding carboxylic acids is 1. The van der Waals surface area contributed by atoms with E-state index in [-0.39, 0.29) is 23.4 Å². The van der Waals surface area contributed by atoms with Crippen molar-refractivity contribution >= 4 is 16.8 Å². The first-order valence-electron chi connectivity index (χ1n) is 9.49. The third kappa shape index (κ3) is 2.92. The number of carbonyl (C=O) groups is 1. The van der Waals surface area contributed by atoms with Gasteiger partial charge in [0.15, 0.2) is 0 Å². The van der Waals surface area contributed by atoms with Gasteiger partial charge in [-0.2, -0.15) is 0 Å². The molecule has 6 nitrogen and oxygen atoms in total. The first-order chi connectivity index (χ1) is 12.7. The molecule has 4 rings (SSSR count). The molecule has 2 aliphatic rings. The fourth-order valence-electron chi connectivity index (χ4n) is 4.03. The van der Waals surface area contributed by atoms with Gasteiger partial charge in [-0.15, -0.1) is 0 Å². The Morgan fingerprint density at radius 1 is 1.23 bits per heavy atom. The van der Waals surface area contributed by atoms with Crippen LogP contribution in [0.15, 0.2) is 29.1 Å². The van der Waals surface area contributed by atoms with Gasteiger partial charge in [0, 0.05) is 19.6 Å². The van der Waals surface area contributed by atoms with E-state index in [2.05, 4.69) is 0 Å². The molecule has 0 spiro atoms. The second-order valence-corrected chi connectivity index (χ2v) is 7.25. The SMILES string of the molecule is COCCn1c(C2CCCN2C(=O)C2CCC2)nc2ccccc2c1=O. The Hall–Kier alpha value is -2.21. The predicted molar refractivity (Wildman–Crippen MR) is 98.9 cm³/mol. The van der Waals surface area contributed by atoms with Crippen LogP contribution in [0, 0.1) is 5.92 Å². The lowest BCUT2D eigenvalue weighted by molar-refractivity contribution is -0.139. The van der Waals surface area contributed by atoms with Crippen molar-refractivity contribution in [1.29, 1.82) is 0 Å². The summed E-state index contributed by atoms with van der Waals surface area (Å²) in [5.41, 5.74) is 0.648. The lowest BCUT2D eigenvalue weighted by Crippen LogP contribution is -2.40. The number of para-hydroxylation sites is 1. The average molecular weight is 355 g/mol.